The van der Waals surface area contributed by atoms with Crippen molar-refractivity contribution >= 4 is 23.4 Å². The second kappa shape index (κ2) is 5.72. The summed E-state index contributed by atoms with van der Waals surface area (Å²) in [6, 6.07) is 10.8. The number of benzene rings is 2. The maximum Gasteiger partial charge on any atom is 0.128 e. The highest BCUT2D eigenvalue weighted by molar-refractivity contribution is 7.98. The van der Waals surface area contributed by atoms with E-state index in [2.05, 4.69) is 0 Å². The van der Waals surface area contributed by atoms with E-state index >= 15 is 0 Å². The van der Waals surface area contributed by atoms with E-state index in [4.69, 9.17) is 11.6 Å². The number of thioether (sulfide) groups is 1. The van der Waals surface area contributed by atoms with Crippen molar-refractivity contribution in [3.63, 3.8) is 0 Å². The molecule has 0 aliphatic carbocycles. The van der Waals surface area contributed by atoms with Crippen molar-refractivity contribution in [3.8, 4) is 0 Å². The van der Waals surface area contributed by atoms with Gasteiger partial charge in [0.1, 0.15) is 11.6 Å². The predicted octanol–water partition coefficient (Wildman–Crippen LogP) is 5.01. The lowest BCUT2D eigenvalue weighted by Crippen LogP contribution is -1.98. The van der Waals surface area contributed by atoms with E-state index in [1.165, 1.54) is 0 Å². The van der Waals surface area contributed by atoms with Gasteiger partial charge in [-0.2, -0.15) is 0 Å². The lowest BCUT2D eigenvalue weighted by atomic mass is 10.0. The quantitative estimate of drug-likeness (QED) is 0.564. The monoisotopic (exact) mass is 284 g/mol. The van der Waals surface area contributed by atoms with Crippen LogP contribution in [0.25, 0.3) is 0 Å². The lowest BCUT2D eigenvalue weighted by molar-refractivity contribution is 0.587. The molecule has 2 aromatic rings. The van der Waals surface area contributed by atoms with Crippen molar-refractivity contribution in [2.24, 2.45) is 0 Å². The Kier molecular flexibility index (Phi) is 4.25. The van der Waals surface area contributed by atoms with Gasteiger partial charge in [0.25, 0.3) is 0 Å². The Morgan fingerprint density at radius 2 is 1.72 bits per heavy atom. The van der Waals surface area contributed by atoms with Crippen LogP contribution in [-0.4, -0.2) is 6.26 Å². The first kappa shape index (κ1) is 13.4. The molecule has 1 unspecified atom stereocenters. The highest BCUT2D eigenvalue weighted by Crippen LogP contribution is 2.31. The van der Waals surface area contributed by atoms with Gasteiger partial charge in [0.05, 0.1) is 5.38 Å². The van der Waals surface area contributed by atoms with Crippen LogP contribution in [0.15, 0.2) is 47.4 Å². The zero-order chi connectivity index (χ0) is 13.1. The van der Waals surface area contributed by atoms with Crippen molar-refractivity contribution in [3.05, 3.63) is 65.2 Å². The summed E-state index contributed by atoms with van der Waals surface area (Å²) in [4.78, 5) is 1.10. The van der Waals surface area contributed by atoms with Crippen LogP contribution in [0.1, 0.15) is 16.5 Å². The second-order valence-corrected chi connectivity index (χ2v) is 5.12. The number of hydrogen-bond donors (Lipinski definition) is 0. The van der Waals surface area contributed by atoms with Crippen molar-refractivity contribution in [1.29, 1.82) is 0 Å². The van der Waals surface area contributed by atoms with E-state index in [0.717, 1.165) is 28.7 Å². The summed E-state index contributed by atoms with van der Waals surface area (Å²) in [5.41, 5.74) is 0.910. The van der Waals surface area contributed by atoms with Gasteiger partial charge in [0.15, 0.2) is 0 Å². The fourth-order valence-electron chi connectivity index (χ4n) is 1.66. The Morgan fingerprint density at radius 3 is 2.33 bits per heavy atom. The second-order valence-electron chi connectivity index (χ2n) is 3.80. The van der Waals surface area contributed by atoms with Crippen LogP contribution in [0.2, 0.25) is 0 Å². The molecule has 0 amide bonds. The topological polar surface area (TPSA) is 0 Å². The van der Waals surface area contributed by atoms with Gasteiger partial charge in [-0.05, 0) is 42.2 Å². The van der Waals surface area contributed by atoms with E-state index in [0.29, 0.717) is 0 Å². The fraction of sp³-hybridized carbons (Fsp3) is 0.143. The molecule has 2 aromatic carbocycles. The van der Waals surface area contributed by atoms with Crippen LogP contribution in [0.5, 0.6) is 0 Å². The molecule has 2 rings (SSSR count). The van der Waals surface area contributed by atoms with Gasteiger partial charge in [0.2, 0.25) is 0 Å². The van der Waals surface area contributed by atoms with E-state index in [9.17, 15) is 8.78 Å². The Hall–Kier alpha value is -1.06. The molecule has 0 heterocycles. The molecule has 94 valence electrons. The summed E-state index contributed by atoms with van der Waals surface area (Å²) in [6.45, 7) is 0. The van der Waals surface area contributed by atoms with Crippen LogP contribution in [0.4, 0.5) is 8.78 Å². The van der Waals surface area contributed by atoms with Crippen LogP contribution in [0, 0.1) is 11.6 Å². The Morgan fingerprint density at radius 1 is 1.06 bits per heavy atom. The van der Waals surface area contributed by atoms with Crippen LogP contribution < -0.4 is 0 Å². The highest BCUT2D eigenvalue weighted by Gasteiger charge is 2.16. The van der Waals surface area contributed by atoms with E-state index in [1.807, 2.05) is 30.5 Å². The Bertz CT molecular complexity index is 540. The third kappa shape index (κ3) is 2.85. The molecule has 0 fully saturated rings. The van der Waals surface area contributed by atoms with Crippen molar-refractivity contribution < 1.29 is 8.78 Å². The van der Waals surface area contributed by atoms with Gasteiger partial charge in [-0.1, -0.05) is 12.1 Å². The first-order valence-corrected chi connectivity index (χ1v) is 7.01. The summed E-state index contributed by atoms with van der Waals surface area (Å²) in [5.74, 6) is -0.983. The zero-order valence-electron chi connectivity index (χ0n) is 9.66. The summed E-state index contributed by atoms with van der Waals surface area (Å²) >= 11 is 7.80. The summed E-state index contributed by atoms with van der Waals surface area (Å²) in [7, 11) is 0. The Labute approximate surface area is 114 Å². The van der Waals surface area contributed by atoms with Crippen molar-refractivity contribution in [2.75, 3.05) is 6.26 Å². The van der Waals surface area contributed by atoms with Crippen LogP contribution in [0.3, 0.4) is 0 Å². The molecule has 0 N–H and O–H groups in total. The largest absolute Gasteiger partial charge is 0.207 e. The molecule has 0 aliphatic heterocycles. The molecule has 1 atom stereocenters. The summed E-state index contributed by atoms with van der Waals surface area (Å²) in [6.07, 6.45) is 1.97. The van der Waals surface area contributed by atoms with Crippen molar-refractivity contribution in [2.45, 2.75) is 10.3 Å². The molecule has 0 spiro atoms. The molecule has 0 saturated carbocycles. The van der Waals surface area contributed by atoms with Gasteiger partial charge in [0, 0.05) is 10.5 Å². The minimum absolute atomic E-state index is 0.161. The van der Waals surface area contributed by atoms with Crippen LogP contribution >= 0.6 is 23.4 Å². The van der Waals surface area contributed by atoms with Crippen LogP contribution in [-0.2, 0) is 0 Å². The molecule has 0 aromatic heterocycles. The number of rotatable bonds is 3. The van der Waals surface area contributed by atoms with E-state index in [1.54, 1.807) is 11.8 Å². The maximum atomic E-state index is 13.6. The average Bonchev–Trinajstić information content (AvgIpc) is 2.41. The molecule has 0 nitrogen and oxygen atoms in total. The average molecular weight is 285 g/mol. The standard InChI is InChI=1S/C14H11ClF2S/c1-18-11-5-2-9(3-6-11)14(15)12-8-10(16)4-7-13(12)17/h2-8,14H,1H3. The maximum absolute atomic E-state index is 13.6. The summed E-state index contributed by atoms with van der Waals surface area (Å²) in [5, 5.41) is -0.684. The molecule has 4 heteroatoms. The molecule has 0 aliphatic rings. The molecular weight excluding hydrogens is 274 g/mol. The van der Waals surface area contributed by atoms with Gasteiger partial charge in [-0.25, -0.2) is 8.78 Å². The molecule has 0 radical (unpaired) electrons. The highest BCUT2D eigenvalue weighted by atomic mass is 35.5. The minimum Gasteiger partial charge on any atom is -0.207 e. The zero-order valence-corrected chi connectivity index (χ0v) is 11.2. The van der Waals surface area contributed by atoms with E-state index < -0.39 is 17.0 Å². The third-order valence-electron chi connectivity index (χ3n) is 2.64. The minimum atomic E-state index is -0.684. The normalized spacial score (nSPS) is 12.4. The molecule has 0 bridgehead atoms. The smallest absolute Gasteiger partial charge is 0.128 e. The van der Waals surface area contributed by atoms with Gasteiger partial charge in [-0.15, -0.1) is 23.4 Å². The summed E-state index contributed by atoms with van der Waals surface area (Å²) < 4.78 is 26.7. The first-order valence-electron chi connectivity index (χ1n) is 5.35. The van der Waals surface area contributed by atoms with Crippen molar-refractivity contribution in [1.82, 2.24) is 0 Å². The lowest BCUT2D eigenvalue weighted by Gasteiger charge is -2.12. The SMILES string of the molecule is CSc1ccc(C(Cl)c2cc(F)ccc2F)cc1. The van der Waals surface area contributed by atoms with Gasteiger partial charge in [-0.3, -0.25) is 0 Å². The van der Waals surface area contributed by atoms with Gasteiger partial charge >= 0.3 is 0 Å². The molecular formula is C14H11ClF2S. The fourth-order valence-corrected chi connectivity index (χ4v) is 2.38. The molecule has 18 heavy (non-hydrogen) atoms. The van der Waals surface area contributed by atoms with E-state index in [-0.39, 0.29) is 5.56 Å². The number of alkyl halides is 1. The van der Waals surface area contributed by atoms with Gasteiger partial charge < -0.3 is 0 Å². The predicted molar refractivity (Wildman–Crippen MR) is 72.3 cm³/mol. The Balaban J connectivity index is 2.34. The molecule has 0 saturated heterocycles. The first-order chi connectivity index (χ1) is 8.61. The number of hydrogen-bond acceptors (Lipinski definition) is 1. The third-order valence-corrected chi connectivity index (χ3v) is 3.87. The number of halogens is 3.